The molecule has 22 heavy (non-hydrogen) atoms. The van der Waals surface area contributed by atoms with Gasteiger partial charge >= 0.3 is 0 Å². The molecule has 1 aromatic heterocycles. The van der Waals surface area contributed by atoms with E-state index in [1.54, 1.807) is 18.3 Å². The first-order valence-corrected chi connectivity index (χ1v) is 7.45. The number of halogens is 1. The van der Waals surface area contributed by atoms with Crippen molar-refractivity contribution in [2.45, 2.75) is 20.8 Å². The number of rotatable bonds is 4. The van der Waals surface area contributed by atoms with Crippen LogP contribution in [0.3, 0.4) is 0 Å². The Morgan fingerprint density at radius 3 is 2.64 bits per heavy atom. The maximum atomic E-state index is 13.1. The second kappa shape index (κ2) is 7.17. The van der Waals surface area contributed by atoms with Gasteiger partial charge in [0.2, 0.25) is 0 Å². The van der Waals surface area contributed by atoms with Gasteiger partial charge < -0.3 is 9.88 Å². The third kappa shape index (κ3) is 3.71. The third-order valence-electron chi connectivity index (χ3n) is 3.26. The SMILES string of the molecule is CCNC(=S)N/N=C\c1cc(C)n(-c2ccc(F)cc2)c1C. The summed E-state index contributed by atoms with van der Waals surface area (Å²) < 4.78 is 15.1. The van der Waals surface area contributed by atoms with Crippen LogP contribution in [0.25, 0.3) is 5.69 Å². The number of aryl methyl sites for hydroxylation is 1. The first kappa shape index (κ1) is 16.2. The second-order valence-corrected chi connectivity index (χ2v) is 5.28. The van der Waals surface area contributed by atoms with Gasteiger partial charge in [-0.2, -0.15) is 5.10 Å². The minimum Gasteiger partial charge on any atom is -0.362 e. The summed E-state index contributed by atoms with van der Waals surface area (Å²) in [7, 11) is 0. The zero-order valence-corrected chi connectivity index (χ0v) is 13.7. The van der Waals surface area contributed by atoms with Crippen molar-refractivity contribution in [3.63, 3.8) is 0 Å². The monoisotopic (exact) mass is 318 g/mol. The quantitative estimate of drug-likeness (QED) is 0.517. The standard InChI is InChI=1S/C16H19FN4S/c1-4-18-16(22)20-19-10-13-9-11(2)21(12(13)3)15-7-5-14(17)6-8-15/h5-10H,4H2,1-3H3,(H2,18,20,22)/b19-10-. The summed E-state index contributed by atoms with van der Waals surface area (Å²) in [6.07, 6.45) is 1.73. The van der Waals surface area contributed by atoms with Crippen molar-refractivity contribution < 1.29 is 4.39 Å². The van der Waals surface area contributed by atoms with E-state index in [2.05, 4.69) is 20.4 Å². The van der Waals surface area contributed by atoms with Crippen LogP contribution in [0.4, 0.5) is 4.39 Å². The zero-order valence-electron chi connectivity index (χ0n) is 12.9. The molecule has 2 aromatic rings. The van der Waals surface area contributed by atoms with Crippen LogP contribution in [0.2, 0.25) is 0 Å². The molecule has 0 aliphatic rings. The molecule has 1 heterocycles. The van der Waals surface area contributed by atoms with Crippen LogP contribution >= 0.6 is 12.2 Å². The Kier molecular flexibility index (Phi) is 5.27. The first-order chi connectivity index (χ1) is 10.5. The molecule has 0 aliphatic heterocycles. The minimum atomic E-state index is -0.242. The summed E-state index contributed by atoms with van der Waals surface area (Å²) in [4.78, 5) is 0. The normalized spacial score (nSPS) is 10.9. The summed E-state index contributed by atoms with van der Waals surface area (Å²) >= 11 is 5.04. The topological polar surface area (TPSA) is 41.4 Å². The molecule has 0 amide bonds. The van der Waals surface area contributed by atoms with Gasteiger partial charge in [-0.05, 0) is 63.3 Å². The van der Waals surface area contributed by atoms with E-state index in [1.165, 1.54) is 12.1 Å². The van der Waals surface area contributed by atoms with Gasteiger partial charge in [0.1, 0.15) is 5.82 Å². The van der Waals surface area contributed by atoms with Gasteiger partial charge in [0.15, 0.2) is 5.11 Å². The van der Waals surface area contributed by atoms with E-state index in [0.29, 0.717) is 5.11 Å². The highest BCUT2D eigenvalue weighted by atomic mass is 32.1. The predicted molar refractivity (Wildman–Crippen MR) is 92.2 cm³/mol. The predicted octanol–water partition coefficient (Wildman–Crippen LogP) is 3.05. The van der Waals surface area contributed by atoms with Crippen LogP contribution in [0.5, 0.6) is 0 Å². The van der Waals surface area contributed by atoms with Gasteiger partial charge in [0, 0.05) is 29.2 Å². The molecule has 0 saturated carbocycles. The van der Waals surface area contributed by atoms with Crippen molar-refractivity contribution in [2.24, 2.45) is 5.10 Å². The van der Waals surface area contributed by atoms with Crippen LogP contribution in [0.15, 0.2) is 35.4 Å². The van der Waals surface area contributed by atoms with E-state index in [-0.39, 0.29) is 5.82 Å². The molecular weight excluding hydrogens is 299 g/mol. The number of aromatic nitrogens is 1. The summed E-state index contributed by atoms with van der Waals surface area (Å²) in [6.45, 7) is 6.72. The highest BCUT2D eigenvalue weighted by Gasteiger charge is 2.09. The number of nitrogens with one attached hydrogen (secondary N) is 2. The average molecular weight is 318 g/mol. The van der Waals surface area contributed by atoms with Gasteiger partial charge in [-0.25, -0.2) is 4.39 Å². The van der Waals surface area contributed by atoms with E-state index in [1.807, 2.05) is 26.8 Å². The summed E-state index contributed by atoms with van der Waals surface area (Å²) in [5.74, 6) is -0.242. The lowest BCUT2D eigenvalue weighted by Crippen LogP contribution is -2.31. The molecule has 2 rings (SSSR count). The first-order valence-electron chi connectivity index (χ1n) is 7.04. The Morgan fingerprint density at radius 2 is 2.00 bits per heavy atom. The van der Waals surface area contributed by atoms with Crippen molar-refractivity contribution in [3.8, 4) is 5.69 Å². The van der Waals surface area contributed by atoms with Gasteiger partial charge in [-0.1, -0.05) is 0 Å². The Hall–Kier alpha value is -2.21. The van der Waals surface area contributed by atoms with E-state index >= 15 is 0 Å². The number of thiocarbonyl (C=S) groups is 1. The fourth-order valence-electron chi connectivity index (χ4n) is 2.27. The number of hydrogen-bond donors (Lipinski definition) is 2. The summed E-state index contributed by atoms with van der Waals surface area (Å²) in [5, 5.41) is 7.58. The molecule has 0 radical (unpaired) electrons. The Bertz CT molecular complexity index is 689. The maximum absolute atomic E-state index is 13.1. The summed E-state index contributed by atoms with van der Waals surface area (Å²) in [6, 6.07) is 8.46. The largest absolute Gasteiger partial charge is 0.362 e. The molecule has 116 valence electrons. The van der Waals surface area contributed by atoms with E-state index < -0.39 is 0 Å². The van der Waals surface area contributed by atoms with Gasteiger partial charge in [0.25, 0.3) is 0 Å². The number of nitrogens with zero attached hydrogens (tertiary/aromatic N) is 2. The Morgan fingerprint density at radius 1 is 1.32 bits per heavy atom. The van der Waals surface area contributed by atoms with Crippen LogP contribution < -0.4 is 10.7 Å². The second-order valence-electron chi connectivity index (χ2n) is 4.87. The van der Waals surface area contributed by atoms with E-state index in [9.17, 15) is 4.39 Å². The zero-order chi connectivity index (χ0) is 16.1. The molecule has 4 nitrogen and oxygen atoms in total. The van der Waals surface area contributed by atoms with E-state index in [4.69, 9.17) is 12.2 Å². The molecule has 0 fully saturated rings. The van der Waals surface area contributed by atoms with Gasteiger partial charge in [-0.3, -0.25) is 5.43 Å². The molecule has 0 aliphatic carbocycles. The van der Waals surface area contributed by atoms with Crippen molar-refractivity contribution in [1.82, 2.24) is 15.3 Å². The van der Waals surface area contributed by atoms with Crippen molar-refractivity contribution in [3.05, 3.63) is 53.1 Å². The summed E-state index contributed by atoms with van der Waals surface area (Å²) in [5.41, 5.74) is 6.76. The molecule has 6 heteroatoms. The number of hydrazone groups is 1. The fraction of sp³-hybridized carbons (Fsp3) is 0.250. The fourth-order valence-corrected chi connectivity index (χ4v) is 2.46. The van der Waals surface area contributed by atoms with E-state index in [0.717, 1.165) is 29.2 Å². The lowest BCUT2D eigenvalue weighted by molar-refractivity contribution is 0.627. The molecule has 0 unspecified atom stereocenters. The van der Waals surface area contributed by atoms with Crippen LogP contribution in [-0.4, -0.2) is 22.4 Å². The molecule has 0 atom stereocenters. The molecule has 2 N–H and O–H groups in total. The van der Waals surface area contributed by atoms with Crippen molar-refractivity contribution in [2.75, 3.05) is 6.54 Å². The molecule has 0 saturated heterocycles. The molecular formula is C16H19FN4S. The highest BCUT2D eigenvalue weighted by molar-refractivity contribution is 7.80. The lowest BCUT2D eigenvalue weighted by Gasteiger charge is -2.09. The Balaban J connectivity index is 2.22. The van der Waals surface area contributed by atoms with Crippen molar-refractivity contribution >= 4 is 23.5 Å². The van der Waals surface area contributed by atoms with Crippen LogP contribution in [0, 0.1) is 19.7 Å². The third-order valence-corrected chi connectivity index (χ3v) is 3.50. The smallest absolute Gasteiger partial charge is 0.186 e. The highest BCUT2D eigenvalue weighted by Crippen LogP contribution is 2.19. The molecule has 0 spiro atoms. The average Bonchev–Trinajstić information content (AvgIpc) is 2.75. The van der Waals surface area contributed by atoms with Crippen molar-refractivity contribution in [1.29, 1.82) is 0 Å². The number of hydrogen-bond acceptors (Lipinski definition) is 2. The maximum Gasteiger partial charge on any atom is 0.186 e. The molecule has 0 bridgehead atoms. The van der Waals surface area contributed by atoms with Gasteiger partial charge in [0.05, 0.1) is 6.21 Å². The number of benzene rings is 1. The minimum absolute atomic E-state index is 0.242. The van der Waals surface area contributed by atoms with Crippen LogP contribution in [-0.2, 0) is 0 Å². The van der Waals surface area contributed by atoms with Crippen LogP contribution in [0.1, 0.15) is 23.9 Å². The Labute approximate surface area is 135 Å². The molecule has 1 aromatic carbocycles. The van der Waals surface area contributed by atoms with Gasteiger partial charge in [-0.15, -0.1) is 0 Å². The lowest BCUT2D eigenvalue weighted by atomic mass is 10.2.